The molecule has 0 saturated carbocycles. The molecule has 3 aromatic rings. The van der Waals surface area contributed by atoms with Gasteiger partial charge in [0.15, 0.2) is 5.11 Å². The zero-order valence-electron chi connectivity index (χ0n) is 13.9. The molecule has 0 saturated heterocycles. The molecule has 0 fully saturated rings. The number of hydrogen-bond donors (Lipinski definition) is 2. The van der Waals surface area contributed by atoms with Crippen LogP contribution in [0, 0.1) is 6.92 Å². The van der Waals surface area contributed by atoms with E-state index in [2.05, 4.69) is 16.7 Å². The minimum absolute atomic E-state index is 0.513. The summed E-state index contributed by atoms with van der Waals surface area (Å²) in [6.07, 6.45) is 0. The predicted octanol–water partition coefficient (Wildman–Crippen LogP) is 7.26. The molecule has 0 aliphatic heterocycles. The van der Waals surface area contributed by atoms with Crippen LogP contribution in [0.1, 0.15) is 5.56 Å². The lowest BCUT2D eigenvalue weighted by molar-refractivity contribution is 1.39. The topological polar surface area (TPSA) is 24.1 Å². The minimum atomic E-state index is 0.513. The molecule has 0 aliphatic rings. The molecule has 0 heterocycles. The Labute approximate surface area is 172 Å². The summed E-state index contributed by atoms with van der Waals surface area (Å²) in [5.41, 5.74) is 2.78. The van der Waals surface area contributed by atoms with Gasteiger partial charge in [-0.1, -0.05) is 53.2 Å². The van der Waals surface area contributed by atoms with E-state index in [1.54, 1.807) is 11.8 Å². The van der Waals surface area contributed by atoms with Gasteiger partial charge in [0.2, 0.25) is 0 Å². The Hall–Kier alpha value is -1.72. The molecule has 26 heavy (non-hydrogen) atoms. The van der Waals surface area contributed by atoms with E-state index in [0.717, 1.165) is 31.8 Å². The highest BCUT2D eigenvalue weighted by molar-refractivity contribution is 7.99. The lowest BCUT2D eigenvalue weighted by Crippen LogP contribution is -2.20. The molecule has 0 atom stereocenters. The third-order valence-electron chi connectivity index (χ3n) is 3.69. The lowest BCUT2D eigenvalue weighted by Gasteiger charge is -2.15. The molecule has 0 amide bonds. The molecule has 2 nitrogen and oxygen atoms in total. The first kappa shape index (κ1) is 19.1. The van der Waals surface area contributed by atoms with Crippen LogP contribution in [0.25, 0.3) is 0 Å². The highest BCUT2D eigenvalue weighted by Gasteiger charge is 2.08. The molecule has 2 N–H and O–H groups in total. The maximum Gasteiger partial charge on any atom is 0.175 e. The number of para-hydroxylation sites is 1. The van der Waals surface area contributed by atoms with Gasteiger partial charge in [-0.25, -0.2) is 0 Å². The van der Waals surface area contributed by atoms with Crippen molar-refractivity contribution in [2.24, 2.45) is 0 Å². The van der Waals surface area contributed by atoms with Crippen LogP contribution in [-0.2, 0) is 0 Å². The Morgan fingerprint density at radius 2 is 1.50 bits per heavy atom. The van der Waals surface area contributed by atoms with Gasteiger partial charge in [0.25, 0.3) is 0 Å². The van der Waals surface area contributed by atoms with E-state index in [1.165, 1.54) is 0 Å². The minimum Gasteiger partial charge on any atom is -0.332 e. The van der Waals surface area contributed by atoms with E-state index in [-0.39, 0.29) is 0 Å². The molecule has 132 valence electrons. The molecule has 3 aromatic carbocycles. The molecule has 0 unspecified atom stereocenters. The average Bonchev–Trinajstić information content (AvgIpc) is 2.62. The van der Waals surface area contributed by atoms with Crippen molar-refractivity contribution in [2.45, 2.75) is 16.7 Å². The van der Waals surface area contributed by atoms with Gasteiger partial charge < -0.3 is 10.6 Å². The Kier molecular flexibility index (Phi) is 6.43. The molecule has 0 aromatic heterocycles. The third-order valence-corrected chi connectivity index (χ3v) is 5.64. The molecule has 0 radical (unpaired) electrons. The Morgan fingerprint density at radius 3 is 2.27 bits per heavy atom. The summed E-state index contributed by atoms with van der Waals surface area (Å²) in [5.74, 6) is 0. The Bertz CT molecular complexity index is 927. The second kappa shape index (κ2) is 8.78. The van der Waals surface area contributed by atoms with Crippen LogP contribution in [0.2, 0.25) is 10.0 Å². The fourth-order valence-electron chi connectivity index (χ4n) is 2.31. The fourth-order valence-corrected chi connectivity index (χ4v) is 3.73. The third kappa shape index (κ3) is 4.92. The molecule has 0 spiro atoms. The van der Waals surface area contributed by atoms with Crippen LogP contribution in [0.15, 0.2) is 76.5 Å². The first-order chi connectivity index (χ1) is 12.5. The number of anilines is 2. The Morgan fingerprint density at radius 1 is 0.846 bits per heavy atom. The lowest BCUT2D eigenvalue weighted by atomic mass is 10.2. The van der Waals surface area contributed by atoms with E-state index in [1.807, 2.05) is 67.6 Å². The van der Waals surface area contributed by atoms with Crippen LogP contribution in [0.5, 0.6) is 0 Å². The highest BCUT2D eigenvalue weighted by Crippen LogP contribution is 2.34. The van der Waals surface area contributed by atoms with Crippen molar-refractivity contribution in [3.05, 3.63) is 82.3 Å². The van der Waals surface area contributed by atoms with E-state index in [0.29, 0.717) is 10.1 Å². The van der Waals surface area contributed by atoms with Gasteiger partial charge in [-0.15, -0.1) is 0 Å². The van der Waals surface area contributed by atoms with Gasteiger partial charge in [0.05, 0.1) is 5.69 Å². The molecular weight excluding hydrogens is 403 g/mol. The molecule has 0 aliphatic carbocycles. The largest absolute Gasteiger partial charge is 0.332 e. The van der Waals surface area contributed by atoms with Crippen LogP contribution in [-0.4, -0.2) is 5.11 Å². The summed E-state index contributed by atoms with van der Waals surface area (Å²) in [5, 5.41) is 8.42. The van der Waals surface area contributed by atoms with Gasteiger partial charge in [0, 0.05) is 25.5 Å². The van der Waals surface area contributed by atoms with Gasteiger partial charge in [-0.2, -0.15) is 0 Å². The summed E-state index contributed by atoms with van der Waals surface area (Å²) < 4.78 is 0. The SMILES string of the molecule is Cc1c(Cl)cccc1NC(=S)Nc1ccccc1Sc1ccc(Cl)cc1. The summed E-state index contributed by atoms with van der Waals surface area (Å²) in [6.45, 7) is 1.96. The van der Waals surface area contributed by atoms with Crippen molar-refractivity contribution < 1.29 is 0 Å². The van der Waals surface area contributed by atoms with Crippen molar-refractivity contribution in [1.29, 1.82) is 0 Å². The predicted molar refractivity (Wildman–Crippen MR) is 118 cm³/mol. The number of halogens is 2. The van der Waals surface area contributed by atoms with E-state index < -0.39 is 0 Å². The van der Waals surface area contributed by atoms with E-state index in [9.17, 15) is 0 Å². The summed E-state index contributed by atoms with van der Waals surface area (Å²) in [4.78, 5) is 2.18. The normalized spacial score (nSPS) is 10.4. The van der Waals surface area contributed by atoms with E-state index >= 15 is 0 Å². The number of thiocarbonyl (C=S) groups is 1. The Balaban J connectivity index is 1.74. The number of nitrogens with one attached hydrogen (secondary N) is 2. The van der Waals surface area contributed by atoms with E-state index in [4.69, 9.17) is 35.4 Å². The first-order valence-corrected chi connectivity index (χ1v) is 9.86. The van der Waals surface area contributed by atoms with Crippen LogP contribution in [0.3, 0.4) is 0 Å². The van der Waals surface area contributed by atoms with Gasteiger partial charge in [0.1, 0.15) is 0 Å². The number of hydrogen-bond acceptors (Lipinski definition) is 2. The summed E-state index contributed by atoms with van der Waals surface area (Å²) in [7, 11) is 0. The molecule has 6 heteroatoms. The van der Waals surface area contributed by atoms with Gasteiger partial charge in [-0.3, -0.25) is 0 Å². The van der Waals surface area contributed by atoms with Gasteiger partial charge in [-0.05, 0) is 73.2 Å². The second-order valence-electron chi connectivity index (χ2n) is 5.54. The van der Waals surface area contributed by atoms with Crippen molar-refractivity contribution in [3.8, 4) is 0 Å². The zero-order chi connectivity index (χ0) is 18.5. The van der Waals surface area contributed by atoms with Crippen molar-refractivity contribution in [3.63, 3.8) is 0 Å². The standard InChI is InChI=1S/C20H16Cl2N2S2/c1-13-16(22)5-4-7-17(13)23-20(25)24-18-6-2-3-8-19(18)26-15-11-9-14(21)10-12-15/h2-12H,1H3,(H2,23,24,25). The molecule has 0 bridgehead atoms. The van der Waals surface area contributed by atoms with Gasteiger partial charge >= 0.3 is 0 Å². The second-order valence-corrected chi connectivity index (χ2v) is 7.91. The summed E-state index contributed by atoms with van der Waals surface area (Å²) in [6, 6.07) is 21.5. The maximum absolute atomic E-state index is 6.17. The molecule has 3 rings (SSSR count). The van der Waals surface area contributed by atoms with Crippen molar-refractivity contribution in [2.75, 3.05) is 10.6 Å². The van der Waals surface area contributed by atoms with Crippen molar-refractivity contribution >= 4 is 63.7 Å². The fraction of sp³-hybridized carbons (Fsp3) is 0.0500. The summed E-state index contributed by atoms with van der Waals surface area (Å²) >= 11 is 19.2. The number of benzene rings is 3. The zero-order valence-corrected chi connectivity index (χ0v) is 17.1. The smallest absolute Gasteiger partial charge is 0.175 e. The van der Waals surface area contributed by atoms with Crippen molar-refractivity contribution in [1.82, 2.24) is 0 Å². The number of rotatable bonds is 4. The van der Waals surface area contributed by atoms with Crippen LogP contribution >= 0.6 is 47.2 Å². The average molecular weight is 419 g/mol. The highest BCUT2D eigenvalue weighted by atomic mass is 35.5. The molecular formula is C20H16Cl2N2S2. The quantitative estimate of drug-likeness (QED) is 0.435. The maximum atomic E-state index is 6.17. The first-order valence-electron chi connectivity index (χ1n) is 7.88. The van der Waals surface area contributed by atoms with Crippen LogP contribution < -0.4 is 10.6 Å². The monoisotopic (exact) mass is 418 g/mol. The van der Waals surface area contributed by atoms with Crippen LogP contribution in [0.4, 0.5) is 11.4 Å².